The number of carbonyl (C=O) groups excluding carboxylic acids is 1. The van der Waals surface area contributed by atoms with Crippen molar-refractivity contribution in [3.05, 3.63) is 83.7 Å². The SMILES string of the molecule is COc1cc(CN2CC(=O)N(CCc3ccccc3)CC(OCc3ccncc3)C2)cc2c1OCO2. The second kappa shape index (κ2) is 11.4. The van der Waals surface area contributed by atoms with Gasteiger partial charge in [-0.25, -0.2) is 0 Å². The van der Waals surface area contributed by atoms with Gasteiger partial charge in [-0.05, 0) is 47.4 Å². The van der Waals surface area contributed by atoms with Gasteiger partial charge in [0.2, 0.25) is 18.4 Å². The van der Waals surface area contributed by atoms with Crippen LogP contribution >= 0.6 is 0 Å². The predicted octanol–water partition coefficient (Wildman–Crippen LogP) is 3.29. The largest absolute Gasteiger partial charge is 0.493 e. The minimum atomic E-state index is -0.128. The number of benzene rings is 2. The van der Waals surface area contributed by atoms with E-state index in [1.807, 2.05) is 47.4 Å². The maximum Gasteiger partial charge on any atom is 0.236 e. The van der Waals surface area contributed by atoms with Crippen LogP contribution in [0.4, 0.5) is 0 Å². The van der Waals surface area contributed by atoms with Gasteiger partial charge >= 0.3 is 0 Å². The monoisotopic (exact) mass is 489 g/mol. The zero-order valence-corrected chi connectivity index (χ0v) is 20.5. The van der Waals surface area contributed by atoms with Gasteiger partial charge in [-0.3, -0.25) is 14.7 Å². The second-order valence-electron chi connectivity index (χ2n) is 9.07. The first-order valence-electron chi connectivity index (χ1n) is 12.2. The summed E-state index contributed by atoms with van der Waals surface area (Å²) in [6, 6.07) is 18.1. The topological polar surface area (TPSA) is 73.4 Å². The fourth-order valence-electron chi connectivity index (χ4n) is 4.63. The van der Waals surface area contributed by atoms with Crippen LogP contribution in [0.25, 0.3) is 0 Å². The number of amides is 1. The van der Waals surface area contributed by atoms with E-state index in [4.69, 9.17) is 18.9 Å². The maximum atomic E-state index is 13.3. The van der Waals surface area contributed by atoms with Crippen molar-refractivity contribution in [2.45, 2.75) is 25.7 Å². The first-order valence-corrected chi connectivity index (χ1v) is 12.2. The summed E-state index contributed by atoms with van der Waals surface area (Å²) in [6.07, 6.45) is 4.21. The lowest BCUT2D eigenvalue weighted by Gasteiger charge is -2.25. The van der Waals surface area contributed by atoms with Crippen LogP contribution in [0.5, 0.6) is 17.2 Å². The maximum absolute atomic E-state index is 13.3. The Morgan fingerprint density at radius 3 is 2.64 bits per heavy atom. The summed E-state index contributed by atoms with van der Waals surface area (Å²) in [6.45, 7) is 3.38. The predicted molar refractivity (Wildman–Crippen MR) is 134 cm³/mol. The van der Waals surface area contributed by atoms with Gasteiger partial charge < -0.3 is 23.8 Å². The van der Waals surface area contributed by atoms with Gasteiger partial charge in [0.25, 0.3) is 0 Å². The van der Waals surface area contributed by atoms with E-state index in [-0.39, 0.29) is 18.8 Å². The number of nitrogens with zero attached hydrogens (tertiary/aromatic N) is 3. The van der Waals surface area contributed by atoms with E-state index in [1.165, 1.54) is 5.56 Å². The Hall–Kier alpha value is -3.62. The minimum absolute atomic E-state index is 0.105. The Morgan fingerprint density at radius 2 is 1.83 bits per heavy atom. The van der Waals surface area contributed by atoms with E-state index in [1.54, 1.807) is 19.5 Å². The van der Waals surface area contributed by atoms with Crippen molar-refractivity contribution < 1.29 is 23.7 Å². The van der Waals surface area contributed by atoms with E-state index >= 15 is 0 Å². The van der Waals surface area contributed by atoms with Gasteiger partial charge in [0.15, 0.2) is 11.5 Å². The summed E-state index contributed by atoms with van der Waals surface area (Å²) >= 11 is 0. The molecule has 0 aliphatic carbocycles. The fraction of sp³-hybridized carbons (Fsp3) is 0.357. The number of carbonyl (C=O) groups is 1. The number of rotatable bonds is 9. The van der Waals surface area contributed by atoms with Gasteiger partial charge in [0.05, 0.1) is 26.4 Å². The summed E-state index contributed by atoms with van der Waals surface area (Å²) in [5.41, 5.74) is 3.27. The number of ether oxygens (including phenoxy) is 4. The Morgan fingerprint density at radius 1 is 1.00 bits per heavy atom. The highest BCUT2D eigenvalue weighted by Gasteiger charge is 2.29. The van der Waals surface area contributed by atoms with Gasteiger partial charge in [-0.2, -0.15) is 0 Å². The number of methoxy groups -OCH3 is 1. The molecule has 5 rings (SSSR count). The Kier molecular flexibility index (Phi) is 7.64. The fourth-order valence-corrected chi connectivity index (χ4v) is 4.63. The Balaban J connectivity index is 1.31. The summed E-state index contributed by atoms with van der Waals surface area (Å²) in [5.74, 6) is 2.03. The molecule has 3 aromatic rings. The first kappa shape index (κ1) is 24.1. The smallest absolute Gasteiger partial charge is 0.236 e. The quantitative estimate of drug-likeness (QED) is 0.457. The molecular formula is C28H31N3O5. The van der Waals surface area contributed by atoms with Gasteiger partial charge in [-0.15, -0.1) is 0 Å². The van der Waals surface area contributed by atoms with Crippen LogP contribution in [0.15, 0.2) is 67.0 Å². The molecule has 2 aromatic carbocycles. The molecule has 0 radical (unpaired) electrons. The van der Waals surface area contributed by atoms with Crippen molar-refractivity contribution in [3.63, 3.8) is 0 Å². The molecule has 3 heterocycles. The molecule has 188 valence electrons. The van der Waals surface area contributed by atoms with Crippen molar-refractivity contribution in [3.8, 4) is 17.2 Å². The lowest BCUT2D eigenvalue weighted by atomic mass is 10.1. The van der Waals surface area contributed by atoms with E-state index < -0.39 is 0 Å². The Labute approximate surface area is 211 Å². The highest BCUT2D eigenvalue weighted by Crippen LogP contribution is 2.42. The van der Waals surface area contributed by atoms with Crippen molar-refractivity contribution in [2.75, 3.05) is 40.1 Å². The van der Waals surface area contributed by atoms with Crippen molar-refractivity contribution >= 4 is 5.91 Å². The van der Waals surface area contributed by atoms with Crippen LogP contribution in [-0.2, 0) is 29.1 Å². The standard InChI is InChI=1S/C28H31N3O5/c1-33-25-13-23(14-26-28(25)36-20-35-26)15-30-16-24(34-19-22-7-10-29-11-8-22)17-31(27(32)18-30)12-9-21-5-3-2-4-6-21/h2-8,10-11,13-14,24H,9,12,15-20H2,1H3. The highest BCUT2D eigenvalue weighted by atomic mass is 16.7. The zero-order valence-electron chi connectivity index (χ0n) is 20.5. The number of fused-ring (bicyclic) bond motifs is 1. The van der Waals surface area contributed by atoms with Crippen LogP contribution < -0.4 is 14.2 Å². The number of hydrogen-bond acceptors (Lipinski definition) is 7. The molecule has 1 fully saturated rings. The lowest BCUT2D eigenvalue weighted by Crippen LogP contribution is -2.39. The van der Waals surface area contributed by atoms with E-state index in [0.717, 1.165) is 17.5 Å². The molecule has 1 aromatic heterocycles. The van der Waals surface area contributed by atoms with Crippen molar-refractivity contribution in [1.29, 1.82) is 0 Å². The lowest BCUT2D eigenvalue weighted by molar-refractivity contribution is -0.131. The number of pyridine rings is 1. The molecule has 0 N–H and O–H groups in total. The minimum Gasteiger partial charge on any atom is -0.493 e. The molecular weight excluding hydrogens is 458 g/mol. The van der Waals surface area contributed by atoms with Gasteiger partial charge in [0.1, 0.15) is 0 Å². The summed E-state index contributed by atoms with van der Waals surface area (Å²) in [4.78, 5) is 21.5. The summed E-state index contributed by atoms with van der Waals surface area (Å²) in [7, 11) is 1.62. The third-order valence-electron chi connectivity index (χ3n) is 6.47. The molecule has 1 unspecified atom stereocenters. The van der Waals surface area contributed by atoms with E-state index in [9.17, 15) is 4.79 Å². The van der Waals surface area contributed by atoms with E-state index in [0.29, 0.717) is 56.6 Å². The van der Waals surface area contributed by atoms with E-state index in [2.05, 4.69) is 22.0 Å². The van der Waals surface area contributed by atoms with Crippen molar-refractivity contribution in [1.82, 2.24) is 14.8 Å². The average Bonchev–Trinajstić information content (AvgIpc) is 3.33. The molecule has 8 nitrogen and oxygen atoms in total. The van der Waals surface area contributed by atoms with Crippen LogP contribution in [0.1, 0.15) is 16.7 Å². The molecule has 0 spiro atoms. The molecule has 1 atom stereocenters. The molecule has 2 aliphatic rings. The molecule has 1 amide bonds. The third-order valence-corrected chi connectivity index (χ3v) is 6.47. The van der Waals surface area contributed by atoms with Crippen LogP contribution in [0.2, 0.25) is 0 Å². The first-order chi connectivity index (χ1) is 17.7. The zero-order chi connectivity index (χ0) is 24.7. The van der Waals surface area contributed by atoms with Gasteiger partial charge in [0, 0.05) is 38.6 Å². The average molecular weight is 490 g/mol. The molecule has 0 saturated carbocycles. The number of hydrogen-bond donors (Lipinski definition) is 0. The van der Waals surface area contributed by atoms with Crippen LogP contribution in [0, 0.1) is 0 Å². The highest BCUT2D eigenvalue weighted by molar-refractivity contribution is 5.78. The molecule has 8 heteroatoms. The number of aromatic nitrogens is 1. The van der Waals surface area contributed by atoms with Gasteiger partial charge in [-0.1, -0.05) is 30.3 Å². The second-order valence-corrected chi connectivity index (χ2v) is 9.07. The van der Waals surface area contributed by atoms with Crippen LogP contribution in [-0.4, -0.2) is 66.9 Å². The van der Waals surface area contributed by atoms with Crippen molar-refractivity contribution in [2.24, 2.45) is 0 Å². The third kappa shape index (κ3) is 5.95. The molecule has 1 saturated heterocycles. The molecule has 36 heavy (non-hydrogen) atoms. The Bertz CT molecular complexity index is 1160. The normalized spacial score (nSPS) is 17.8. The summed E-state index contributed by atoms with van der Waals surface area (Å²) in [5, 5.41) is 0. The van der Waals surface area contributed by atoms with Crippen LogP contribution in [0.3, 0.4) is 0 Å². The summed E-state index contributed by atoms with van der Waals surface area (Å²) < 4.78 is 23.0. The molecule has 0 bridgehead atoms. The molecule has 2 aliphatic heterocycles.